The molecule has 68 heavy (non-hydrogen) atoms. The Bertz CT molecular complexity index is 3590. The van der Waals surface area contributed by atoms with Crippen LogP contribution in [0, 0.1) is 0 Å². The summed E-state index contributed by atoms with van der Waals surface area (Å²) in [4.78, 5) is 9.95. The third-order valence-electron chi connectivity index (χ3n) is 13.7. The third-order valence-corrected chi connectivity index (χ3v) is 13.7. The minimum absolute atomic E-state index is 0.0378. The molecule has 0 unspecified atom stereocenters. The minimum Gasteiger partial charge on any atom is -0.457 e. The summed E-state index contributed by atoms with van der Waals surface area (Å²) in [6, 6.07) is 69.9. The van der Waals surface area contributed by atoms with E-state index in [2.05, 4.69) is 255 Å². The number of rotatable bonds is 8. The summed E-state index contributed by atoms with van der Waals surface area (Å²) in [5.41, 5.74) is 17.2. The number of fused-ring (bicyclic) bond motifs is 1. The zero-order chi connectivity index (χ0) is 46.3. The molecule has 0 N–H and O–H groups in total. The maximum atomic E-state index is 7.09. The number of aromatic nitrogens is 3. The van der Waals surface area contributed by atoms with E-state index < -0.39 is 0 Å². The number of para-hydroxylation sites is 2. The molecule has 332 valence electrons. The van der Waals surface area contributed by atoms with Gasteiger partial charge >= 0.3 is 0 Å². The molecule has 0 saturated carbocycles. The van der Waals surface area contributed by atoms with Crippen molar-refractivity contribution in [2.75, 3.05) is 16.5 Å². The quantitative estimate of drug-likeness (QED) is 0.152. The van der Waals surface area contributed by atoms with Crippen molar-refractivity contribution in [3.63, 3.8) is 0 Å². The van der Waals surface area contributed by atoms with E-state index in [9.17, 15) is 0 Å². The summed E-state index contributed by atoms with van der Waals surface area (Å²) >= 11 is 0. The monoisotopic (exact) mass is 883 g/mol. The number of hydrogen-bond acceptors (Lipinski definition) is 4. The Morgan fingerprint density at radius 3 is 1.65 bits per heavy atom. The molecule has 6 nitrogen and oxygen atoms in total. The molecule has 0 amide bonds. The van der Waals surface area contributed by atoms with Crippen LogP contribution in [0.2, 0.25) is 0 Å². The van der Waals surface area contributed by atoms with E-state index in [1.165, 1.54) is 49.8 Å². The van der Waals surface area contributed by atoms with E-state index in [0.29, 0.717) is 6.67 Å². The molecule has 11 aromatic rings. The summed E-state index contributed by atoms with van der Waals surface area (Å²) in [5.74, 6) is 2.40. The van der Waals surface area contributed by atoms with Crippen molar-refractivity contribution in [3.05, 3.63) is 211 Å². The number of nitrogens with zero attached hydrogens (tertiary/aromatic N) is 5. The van der Waals surface area contributed by atoms with Crippen LogP contribution in [0.15, 0.2) is 200 Å². The second-order valence-corrected chi connectivity index (χ2v) is 20.2. The molecule has 8 aromatic carbocycles. The molecule has 1 aliphatic rings. The van der Waals surface area contributed by atoms with Gasteiger partial charge in [-0.25, -0.2) is 4.98 Å². The Morgan fingerprint density at radius 2 is 0.985 bits per heavy atom. The van der Waals surface area contributed by atoms with Gasteiger partial charge in [0.15, 0.2) is 0 Å². The largest absolute Gasteiger partial charge is 0.457 e. The number of benzene rings is 8. The van der Waals surface area contributed by atoms with Crippen LogP contribution < -0.4 is 14.5 Å². The van der Waals surface area contributed by atoms with Crippen molar-refractivity contribution in [2.45, 2.75) is 52.4 Å². The summed E-state index contributed by atoms with van der Waals surface area (Å²) in [5, 5.41) is 2.41. The molecule has 4 heterocycles. The minimum atomic E-state index is -0.0454. The van der Waals surface area contributed by atoms with Crippen LogP contribution in [0.5, 0.6) is 11.5 Å². The lowest BCUT2D eigenvalue weighted by atomic mass is 9.86. The van der Waals surface area contributed by atoms with E-state index in [4.69, 9.17) is 9.72 Å². The molecular weight excluding hydrogens is 831 g/mol. The number of anilines is 4. The average Bonchev–Trinajstić information content (AvgIpc) is 4.02. The van der Waals surface area contributed by atoms with Gasteiger partial charge in [0.2, 0.25) is 0 Å². The molecule has 0 spiro atoms. The van der Waals surface area contributed by atoms with Crippen LogP contribution in [-0.4, -0.2) is 20.8 Å². The van der Waals surface area contributed by atoms with Crippen molar-refractivity contribution >= 4 is 55.6 Å². The second-order valence-electron chi connectivity index (χ2n) is 20.2. The van der Waals surface area contributed by atoms with Crippen LogP contribution in [0.3, 0.4) is 0 Å². The van der Waals surface area contributed by atoms with Gasteiger partial charge in [-0.05, 0) is 93.7 Å². The molecule has 1 aliphatic heterocycles. The second kappa shape index (κ2) is 15.8. The fraction of sp³-hybridized carbons (Fsp3) is 0.145. The first-order chi connectivity index (χ1) is 33.0. The van der Waals surface area contributed by atoms with Crippen molar-refractivity contribution in [3.8, 4) is 45.3 Å². The summed E-state index contributed by atoms with van der Waals surface area (Å²) in [6.07, 6.45) is 1.94. The first-order valence-electron chi connectivity index (χ1n) is 23.6. The van der Waals surface area contributed by atoms with E-state index in [1.807, 2.05) is 6.20 Å². The SMILES string of the molecule is CC(C)(C)c1ccnc(-n2c3cccc4c3c3c(cc(Oc5cccc(N6CN(c7c(-c8ccccc8)cccc7-c7ccccc7)c7ccc(C(C)(C)C)cc76)c5)cc32)n4-c2ccccc2)c1. The standard InChI is InChI=1S/C62H53N5O/c1-61(2,3)43-31-32-51-54(35-43)64(40-65(51)60-49(41-19-10-7-11-20-41)27-17-28-50(60)42-21-12-8-13-22-42)46-25-16-26-47(37-46)68-48-38-55-59-56(39-48)67(57-36-44(33-34-63-57)62(4,5)6)53-30-18-29-52(58(53)59)66(55)45-23-14-9-15-24-45/h7-39H,40H2,1-6H3. The van der Waals surface area contributed by atoms with Gasteiger partial charge in [-0.2, -0.15) is 0 Å². The molecule has 0 saturated heterocycles. The number of ether oxygens (including phenoxy) is 1. The smallest absolute Gasteiger partial charge is 0.137 e. The number of hydrogen-bond donors (Lipinski definition) is 0. The summed E-state index contributed by atoms with van der Waals surface area (Å²) < 4.78 is 11.8. The summed E-state index contributed by atoms with van der Waals surface area (Å²) in [7, 11) is 0. The van der Waals surface area contributed by atoms with Crippen LogP contribution in [0.25, 0.3) is 66.6 Å². The zero-order valence-corrected chi connectivity index (χ0v) is 39.4. The molecule has 12 rings (SSSR count). The van der Waals surface area contributed by atoms with E-state index in [1.54, 1.807) is 0 Å². The van der Waals surface area contributed by atoms with Gasteiger partial charge in [0.05, 0.1) is 39.1 Å². The molecule has 6 heteroatoms. The molecule has 3 aromatic heterocycles. The van der Waals surface area contributed by atoms with Crippen molar-refractivity contribution in [1.82, 2.24) is 14.1 Å². The fourth-order valence-electron chi connectivity index (χ4n) is 10.3. The van der Waals surface area contributed by atoms with Gasteiger partial charge in [0.1, 0.15) is 24.0 Å². The number of pyridine rings is 1. The lowest BCUT2D eigenvalue weighted by Crippen LogP contribution is -2.25. The molecule has 0 atom stereocenters. The highest BCUT2D eigenvalue weighted by Crippen LogP contribution is 2.52. The fourth-order valence-corrected chi connectivity index (χ4v) is 10.3. The lowest BCUT2D eigenvalue weighted by molar-refractivity contribution is 0.484. The Labute approximate surface area is 398 Å². The van der Waals surface area contributed by atoms with Gasteiger partial charge in [-0.3, -0.25) is 4.57 Å². The Morgan fingerprint density at radius 1 is 0.426 bits per heavy atom. The highest BCUT2D eigenvalue weighted by molar-refractivity contribution is 6.25. The molecule has 0 radical (unpaired) electrons. The highest BCUT2D eigenvalue weighted by Gasteiger charge is 2.33. The van der Waals surface area contributed by atoms with Crippen LogP contribution in [0.4, 0.5) is 22.7 Å². The molecular formula is C62H53N5O. The predicted molar refractivity (Wildman–Crippen MR) is 283 cm³/mol. The van der Waals surface area contributed by atoms with Crippen LogP contribution in [-0.2, 0) is 10.8 Å². The zero-order valence-electron chi connectivity index (χ0n) is 39.4. The van der Waals surface area contributed by atoms with Crippen molar-refractivity contribution in [2.24, 2.45) is 0 Å². The summed E-state index contributed by atoms with van der Waals surface area (Å²) in [6.45, 7) is 14.2. The predicted octanol–water partition coefficient (Wildman–Crippen LogP) is 16.5. The van der Waals surface area contributed by atoms with E-state index in [-0.39, 0.29) is 10.8 Å². The topological polar surface area (TPSA) is 38.5 Å². The Kier molecular flexibility index (Phi) is 9.59. The first kappa shape index (κ1) is 41.3. The van der Waals surface area contributed by atoms with Gasteiger partial charge in [0, 0.05) is 57.7 Å². The van der Waals surface area contributed by atoms with Gasteiger partial charge in [-0.15, -0.1) is 0 Å². The first-order valence-corrected chi connectivity index (χ1v) is 23.6. The van der Waals surface area contributed by atoms with Crippen molar-refractivity contribution in [1.29, 1.82) is 0 Å². The van der Waals surface area contributed by atoms with Gasteiger partial charge in [-0.1, -0.05) is 157 Å². The Balaban J connectivity index is 1.00. The maximum Gasteiger partial charge on any atom is 0.137 e. The Hall–Kier alpha value is -8.09. The van der Waals surface area contributed by atoms with Crippen LogP contribution >= 0.6 is 0 Å². The molecule has 0 aliphatic carbocycles. The lowest BCUT2D eigenvalue weighted by Gasteiger charge is -2.27. The van der Waals surface area contributed by atoms with Gasteiger partial charge in [0.25, 0.3) is 0 Å². The van der Waals surface area contributed by atoms with Gasteiger partial charge < -0.3 is 19.1 Å². The highest BCUT2D eigenvalue weighted by atomic mass is 16.5. The normalized spacial score (nSPS) is 13.0. The van der Waals surface area contributed by atoms with Crippen LogP contribution in [0.1, 0.15) is 52.7 Å². The van der Waals surface area contributed by atoms with E-state index in [0.717, 1.165) is 62.1 Å². The molecule has 0 bridgehead atoms. The van der Waals surface area contributed by atoms with E-state index >= 15 is 0 Å². The third kappa shape index (κ3) is 6.90. The molecule has 0 fully saturated rings. The maximum absolute atomic E-state index is 7.09. The van der Waals surface area contributed by atoms with Crippen molar-refractivity contribution < 1.29 is 4.74 Å². The average molecular weight is 884 g/mol.